The maximum Gasteiger partial charge on any atom is 0.321 e. The van der Waals surface area contributed by atoms with Crippen LogP contribution in [-0.4, -0.2) is 54.8 Å². The number of halogens is 1. The van der Waals surface area contributed by atoms with Gasteiger partial charge in [0.1, 0.15) is 18.1 Å². The Bertz CT molecular complexity index is 497. The highest BCUT2D eigenvalue weighted by Crippen LogP contribution is 2.27. The fourth-order valence-electron chi connectivity index (χ4n) is 2.44. The lowest BCUT2D eigenvalue weighted by Gasteiger charge is -2.42. The second-order valence-electron chi connectivity index (χ2n) is 5.29. The summed E-state index contributed by atoms with van der Waals surface area (Å²) in [6, 6.07) is 9.50. The van der Waals surface area contributed by atoms with Crippen LogP contribution in [0.1, 0.15) is 12.5 Å². The van der Waals surface area contributed by atoms with Crippen molar-refractivity contribution in [3.63, 3.8) is 0 Å². The zero-order valence-electron chi connectivity index (χ0n) is 13.1. The molecule has 23 heavy (non-hydrogen) atoms. The third kappa shape index (κ3) is 4.65. The van der Waals surface area contributed by atoms with Crippen molar-refractivity contribution >= 4 is 17.6 Å². The van der Waals surface area contributed by atoms with Crippen LogP contribution in [-0.2, 0) is 30.3 Å². The van der Waals surface area contributed by atoms with Crippen molar-refractivity contribution in [2.45, 2.75) is 44.2 Å². The summed E-state index contributed by atoms with van der Waals surface area (Å²) in [6.07, 6.45) is -4.00. The summed E-state index contributed by atoms with van der Waals surface area (Å²) in [5, 5.41) is 10.4. The molecule has 1 saturated heterocycles. The van der Waals surface area contributed by atoms with Gasteiger partial charge in [-0.2, -0.15) is 0 Å². The van der Waals surface area contributed by atoms with Gasteiger partial charge in [0.25, 0.3) is 0 Å². The highest BCUT2D eigenvalue weighted by atomic mass is 35.5. The van der Waals surface area contributed by atoms with Gasteiger partial charge in [-0.1, -0.05) is 30.3 Å². The molecule has 0 spiro atoms. The Balaban J connectivity index is 2.12. The minimum absolute atomic E-state index is 0.265. The Morgan fingerprint density at radius 2 is 2.00 bits per heavy atom. The number of ether oxygens (including phenoxy) is 4. The minimum Gasteiger partial charge on any atom is -0.453 e. The minimum atomic E-state index is -0.960. The lowest BCUT2D eigenvalue weighted by molar-refractivity contribution is -0.298. The van der Waals surface area contributed by atoms with Gasteiger partial charge in [-0.15, -0.1) is 11.6 Å². The molecule has 1 aromatic rings. The van der Waals surface area contributed by atoms with E-state index in [0.717, 1.165) is 5.56 Å². The van der Waals surface area contributed by atoms with Crippen LogP contribution in [0.4, 0.5) is 0 Å². The molecule has 1 aliphatic heterocycles. The molecular formula is C16H21ClO6. The molecule has 0 bridgehead atoms. The van der Waals surface area contributed by atoms with E-state index in [0.29, 0.717) is 0 Å². The first-order valence-electron chi connectivity index (χ1n) is 7.34. The number of rotatable bonds is 6. The average Bonchev–Trinajstić information content (AvgIpc) is 2.58. The van der Waals surface area contributed by atoms with E-state index in [2.05, 4.69) is 0 Å². The first-order valence-corrected chi connectivity index (χ1v) is 7.87. The zero-order valence-corrected chi connectivity index (χ0v) is 13.8. The van der Waals surface area contributed by atoms with Crippen LogP contribution in [0.2, 0.25) is 0 Å². The van der Waals surface area contributed by atoms with Gasteiger partial charge in [0.2, 0.25) is 0 Å². The number of methoxy groups -OCH3 is 1. The first-order chi connectivity index (χ1) is 11.1. The van der Waals surface area contributed by atoms with E-state index in [-0.39, 0.29) is 12.5 Å². The number of carbonyl (C=O) groups is 1. The van der Waals surface area contributed by atoms with E-state index >= 15 is 0 Å². The summed E-state index contributed by atoms with van der Waals surface area (Å²) in [5.74, 6) is -0.929. The first kappa shape index (κ1) is 18.2. The van der Waals surface area contributed by atoms with Crippen molar-refractivity contribution in [3.05, 3.63) is 35.9 Å². The summed E-state index contributed by atoms with van der Waals surface area (Å²) >= 11 is 5.49. The standard InChI is InChI=1S/C16H21ClO6/c1-10-13(19)14(21-9-11-6-4-3-5-7-11)15(16(20-2)22-10)23-12(18)8-17/h3-7,10,13-16,19H,8-9H2,1-2H3/t10-,13-,14+,15+,16+/m0/s1. The monoisotopic (exact) mass is 344 g/mol. The Kier molecular flexibility index (Phi) is 6.80. The van der Waals surface area contributed by atoms with Gasteiger partial charge in [-0.25, -0.2) is 0 Å². The van der Waals surface area contributed by atoms with Crippen molar-refractivity contribution in [2.75, 3.05) is 13.0 Å². The molecule has 0 aliphatic carbocycles. The maximum absolute atomic E-state index is 11.5. The van der Waals surface area contributed by atoms with Crippen LogP contribution in [0, 0.1) is 0 Å². The third-order valence-electron chi connectivity index (χ3n) is 3.65. The van der Waals surface area contributed by atoms with E-state index in [1.807, 2.05) is 30.3 Å². The van der Waals surface area contributed by atoms with Gasteiger partial charge >= 0.3 is 5.97 Å². The van der Waals surface area contributed by atoms with E-state index in [9.17, 15) is 9.90 Å². The average molecular weight is 345 g/mol. The molecule has 1 N–H and O–H groups in total. The molecule has 1 aromatic carbocycles. The SMILES string of the molecule is CO[C@@H]1O[C@@H](C)[C@H](O)[C@@H](OCc2ccccc2)[C@H]1OC(=O)CCl. The highest BCUT2D eigenvalue weighted by molar-refractivity contribution is 6.26. The van der Waals surface area contributed by atoms with Crippen LogP contribution < -0.4 is 0 Å². The Hall–Kier alpha value is -1.18. The second kappa shape index (κ2) is 8.61. The molecular weight excluding hydrogens is 324 g/mol. The van der Waals surface area contributed by atoms with Crippen LogP contribution in [0.3, 0.4) is 0 Å². The van der Waals surface area contributed by atoms with Crippen molar-refractivity contribution in [3.8, 4) is 0 Å². The van der Waals surface area contributed by atoms with E-state index in [1.165, 1.54) is 7.11 Å². The predicted molar refractivity (Wildman–Crippen MR) is 83.0 cm³/mol. The fraction of sp³-hybridized carbons (Fsp3) is 0.562. The van der Waals surface area contributed by atoms with Gasteiger partial charge in [0.05, 0.1) is 12.7 Å². The van der Waals surface area contributed by atoms with Crippen molar-refractivity contribution in [2.24, 2.45) is 0 Å². The summed E-state index contributed by atoms with van der Waals surface area (Å²) in [6.45, 7) is 1.97. The summed E-state index contributed by atoms with van der Waals surface area (Å²) in [7, 11) is 1.44. The molecule has 0 unspecified atom stereocenters. The Morgan fingerprint density at radius 3 is 2.61 bits per heavy atom. The molecule has 1 fully saturated rings. The summed E-state index contributed by atoms with van der Waals surface area (Å²) in [4.78, 5) is 11.5. The molecule has 7 heteroatoms. The molecule has 1 heterocycles. The maximum atomic E-state index is 11.5. The molecule has 0 aromatic heterocycles. The molecule has 0 saturated carbocycles. The molecule has 2 rings (SSSR count). The molecule has 6 nitrogen and oxygen atoms in total. The van der Waals surface area contributed by atoms with Crippen molar-refractivity contribution < 1.29 is 28.8 Å². The highest BCUT2D eigenvalue weighted by Gasteiger charge is 2.47. The molecule has 128 valence electrons. The number of aliphatic hydroxyl groups excluding tert-OH is 1. The zero-order chi connectivity index (χ0) is 16.8. The van der Waals surface area contributed by atoms with E-state index < -0.39 is 36.7 Å². The fourth-order valence-corrected chi connectivity index (χ4v) is 2.50. The predicted octanol–water partition coefficient (Wildman–Crippen LogP) is 1.47. The number of benzene rings is 1. The number of esters is 1. The topological polar surface area (TPSA) is 74.2 Å². The molecule has 0 radical (unpaired) electrons. The number of hydrogen-bond donors (Lipinski definition) is 1. The third-order valence-corrected chi connectivity index (χ3v) is 3.87. The number of alkyl halides is 1. The number of aliphatic hydroxyl groups is 1. The Labute approximate surface area is 140 Å². The molecule has 5 atom stereocenters. The molecule has 0 amide bonds. The quantitative estimate of drug-likeness (QED) is 0.622. The summed E-state index contributed by atoms with van der Waals surface area (Å²) < 4.78 is 21.8. The largest absolute Gasteiger partial charge is 0.453 e. The Morgan fingerprint density at radius 1 is 1.30 bits per heavy atom. The van der Waals surface area contributed by atoms with Gasteiger partial charge in [-0.05, 0) is 12.5 Å². The van der Waals surface area contributed by atoms with Gasteiger partial charge in [0.15, 0.2) is 12.4 Å². The van der Waals surface area contributed by atoms with Crippen molar-refractivity contribution in [1.29, 1.82) is 0 Å². The lowest BCUT2D eigenvalue weighted by atomic mass is 9.99. The van der Waals surface area contributed by atoms with Crippen molar-refractivity contribution in [1.82, 2.24) is 0 Å². The molecule has 1 aliphatic rings. The van der Waals surface area contributed by atoms with Crippen LogP contribution in [0.5, 0.6) is 0 Å². The second-order valence-corrected chi connectivity index (χ2v) is 5.55. The normalized spacial score (nSPS) is 30.9. The van der Waals surface area contributed by atoms with Crippen LogP contribution >= 0.6 is 11.6 Å². The summed E-state index contributed by atoms with van der Waals surface area (Å²) in [5.41, 5.74) is 0.940. The van der Waals surface area contributed by atoms with Crippen LogP contribution in [0.15, 0.2) is 30.3 Å². The van der Waals surface area contributed by atoms with Crippen LogP contribution in [0.25, 0.3) is 0 Å². The van der Waals surface area contributed by atoms with E-state index in [1.54, 1.807) is 6.92 Å². The lowest BCUT2D eigenvalue weighted by Crippen LogP contribution is -2.59. The van der Waals surface area contributed by atoms with Gasteiger partial charge in [0, 0.05) is 7.11 Å². The van der Waals surface area contributed by atoms with E-state index in [4.69, 9.17) is 30.5 Å². The van der Waals surface area contributed by atoms with Gasteiger partial charge < -0.3 is 24.1 Å². The smallest absolute Gasteiger partial charge is 0.321 e. The number of hydrogen-bond acceptors (Lipinski definition) is 6. The number of carbonyl (C=O) groups excluding carboxylic acids is 1. The van der Waals surface area contributed by atoms with Gasteiger partial charge in [-0.3, -0.25) is 4.79 Å².